The molecule has 2 aromatic rings. The summed E-state index contributed by atoms with van der Waals surface area (Å²) in [6.45, 7) is 7.87. The SMILES string of the molecule is NCCN1CCN(Cc2ccc(OCc3ccccc3)cc2)CC1. The van der Waals surface area contributed by atoms with Crippen LogP contribution in [-0.4, -0.2) is 49.1 Å². The van der Waals surface area contributed by atoms with Crippen molar-refractivity contribution in [2.75, 3.05) is 39.3 Å². The fraction of sp³-hybridized carbons (Fsp3) is 0.400. The average Bonchev–Trinajstić information content (AvgIpc) is 2.64. The summed E-state index contributed by atoms with van der Waals surface area (Å²) in [4.78, 5) is 4.95. The summed E-state index contributed by atoms with van der Waals surface area (Å²) in [6, 6.07) is 18.8. The topological polar surface area (TPSA) is 41.7 Å². The predicted octanol–water partition coefficient (Wildman–Crippen LogP) is 2.34. The Bertz CT molecular complexity index is 592. The fourth-order valence-electron chi connectivity index (χ4n) is 3.04. The molecule has 2 N–H and O–H groups in total. The number of nitrogens with zero attached hydrogens (tertiary/aromatic N) is 2. The summed E-state index contributed by atoms with van der Waals surface area (Å²) in [5, 5.41) is 0. The van der Waals surface area contributed by atoms with Gasteiger partial charge in [0.1, 0.15) is 12.4 Å². The summed E-state index contributed by atoms with van der Waals surface area (Å²) >= 11 is 0. The van der Waals surface area contributed by atoms with Crippen molar-refractivity contribution in [3.63, 3.8) is 0 Å². The molecule has 1 aliphatic heterocycles. The molecule has 0 amide bonds. The molecule has 0 radical (unpaired) electrons. The van der Waals surface area contributed by atoms with Gasteiger partial charge in [0.05, 0.1) is 0 Å². The van der Waals surface area contributed by atoms with Gasteiger partial charge in [-0.3, -0.25) is 9.80 Å². The number of nitrogens with two attached hydrogens (primary N) is 1. The number of hydrogen-bond donors (Lipinski definition) is 1. The van der Waals surface area contributed by atoms with Crippen LogP contribution in [0.25, 0.3) is 0 Å². The van der Waals surface area contributed by atoms with Crippen molar-refractivity contribution in [1.82, 2.24) is 9.80 Å². The Kier molecular flexibility index (Phi) is 6.24. The van der Waals surface area contributed by atoms with Crippen molar-refractivity contribution < 1.29 is 4.74 Å². The second-order valence-electron chi connectivity index (χ2n) is 6.32. The molecule has 2 aromatic carbocycles. The van der Waals surface area contributed by atoms with Crippen molar-refractivity contribution in [1.29, 1.82) is 0 Å². The standard InChI is InChI=1S/C20H27N3O/c21-10-11-22-12-14-23(15-13-22)16-18-6-8-20(9-7-18)24-17-19-4-2-1-3-5-19/h1-9H,10-17,21H2. The molecular weight excluding hydrogens is 298 g/mol. The van der Waals surface area contributed by atoms with Crippen LogP contribution in [0.4, 0.5) is 0 Å². The van der Waals surface area contributed by atoms with E-state index in [1.165, 1.54) is 11.1 Å². The first-order valence-corrected chi connectivity index (χ1v) is 8.74. The lowest BCUT2D eigenvalue weighted by molar-refractivity contribution is 0.130. The minimum atomic E-state index is 0.614. The van der Waals surface area contributed by atoms with Gasteiger partial charge in [-0.2, -0.15) is 0 Å². The van der Waals surface area contributed by atoms with E-state index >= 15 is 0 Å². The summed E-state index contributed by atoms with van der Waals surface area (Å²) in [7, 11) is 0. The Morgan fingerprint density at radius 2 is 1.46 bits per heavy atom. The lowest BCUT2D eigenvalue weighted by atomic mass is 10.2. The van der Waals surface area contributed by atoms with E-state index in [2.05, 4.69) is 46.2 Å². The lowest BCUT2D eigenvalue weighted by Gasteiger charge is -2.34. The maximum Gasteiger partial charge on any atom is 0.119 e. The number of rotatable bonds is 7. The summed E-state index contributed by atoms with van der Waals surface area (Å²) in [5.41, 5.74) is 8.16. The van der Waals surface area contributed by atoms with Crippen molar-refractivity contribution in [3.8, 4) is 5.75 Å². The molecule has 1 saturated heterocycles. The molecule has 0 aromatic heterocycles. The zero-order chi connectivity index (χ0) is 16.6. The highest BCUT2D eigenvalue weighted by atomic mass is 16.5. The first-order chi connectivity index (χ1) is 11.8. The maximum atomic E-state index is 5.85. The first-order valence-electron chi connectivity index (χ1n) is 8.74. The minimum Gasteiger partial charge on any atom is -0.489 e. The maximum absolute atomic E-state index is 5.85. The third-order valence-electron chi connectivity index (χ3n) is 4.49. The summed E-state index contributed by atoms with van der Waals surface area (Å²) in [5.74, 6) is 0.926. The van der Waals surface area contributed by atoms with Gasteiger partial charge in [-0.1, -0.05) is 42.5 Å². The van der Waals surface area contributed by atoms with Gasteiger partial charge in [-0.05, 0) is 23.3 Å². The van der Waals surface area contributed by atoms with Crippen LogP contribution in [-0.2, 0) is 13.2 Å². The van der Waals surface area contributed by atoms with Crippen LogP contribution in [0, 0.1) is 0 Å². The van der Waals surface area contributed by atoms with Crippen LogP contribution < -0.4 is 10.5 Å². The Balaban J connectivity index is 1.45. The monoisotopic (exact) mass is 325 g/mol. The Hall–Kier alpha value is -1.88. The molecule has 0 spiro atoms. The highest BCUT2D eigenvalue weighted by Gasteiger charge is 2.16. The molecule has 24 heavy (non-hydrogen) atoms. The van der Waals surface area contributed by atoms with Crippen LogP contribution in [0.2, 0.25) is 0 Å². The van der Waals surface area contributed by atoms with Gasteiger partial charge in [0.25, 0.3) is 0 Å². The van der Waals surface area contributed by atoms with Gasteiger partial charge >= 0.3 is 0 Å². The molecule has 128 valence electrons. The molecule has 0 aliphatic carbocycles. The van der Waals surface area contributed by atoms with Crippen LogP contribution in [0.5, 0.6) is 5.75 Å². The third kappa shape index (κ3) is 5.06. The fourth-order valence-corrected chi connectivity index (χ4v) is 3.04. The van der Waals surface area contributed by atoms with E-state index in [0.717, 1.165) is 51.6 Å². The van der Waals surface area contributed by atoms with Gasteiger partial charge < -0.3 is 10.5 Å². The van der Waals surface area contributed by atoms with Crippen LogP contribution in [0.15, 0.2) is 54.6 Å². The van der Waals surface area contributed by atoms with Crippen LogP contribution >= 0.6 is 0 Å². The summed E-state index contributed by atoms with van der Waals surface area (Å²) < 4.78 is 5.85. The van der Waals surface area contributed by atoms with Crippen LogP contribution in [0.3, 0.4) is 0 Å². The van der Waals surface area contributed by atoms with E-state index in [-0.39, 0.29) is 0 Å². The predicted molar refractivity (Wildman–Crippen MR) is 98.0 cm³/mol. The number of ether oxygens (including phenoxy) is 1. The van der Waals surface area contributed by atoms with E-state index in [9.17, 15) is 0 Å². The lowest BCUT2D eigenvalue weighted by Crippen LogP contribution is -2.47. The van der Waals surface area contributed by atoms with E-state index in [1.807, 2.05) is 18.2 Å². The molecule has 0 saturated carbocycles. The van der Waals surface area contributed by atoms with Gasteiger partial charge in [-0.15, -0.1) is 0 Å². The molecule has 1 heterocycles. The van der Waals surface area contributed by atoms with Gasteiger partial charge in [0.2, 0.25) is 0 Å². The smallest absolute Gasteiger partial charge is 0.119 e. The second-order valence-corrected chi connectivity index (χ2v) is 6.32. The minimum absolute atomic E-state index is 0.614. The highest BCUT2D eigenvalue weighted by Crippen LogP contribution is 2.16. The molecule has 0 atom stereocenters. The molecule has 0 unspecified atom stereocenters. The van der Waals surface area contributed by atoms with Crippen molar-refractivity contribution in [3.05, 3.63) is 65.7 Å². The molecule has 4 heteroatoms. The van der Waals surface area contributed by atoms with Gasteiger partial charge in [0, 0.05) is 45.8 Å². The zero-order valence-corrected chi connectivity index (χ0v) is 14.2. The Morgan fingerprint density at radius 3 is 2.12 bits per heavy atom. The Labute approximate surface area is 144 Å². The average molecular weight is 325 g/mol. The van der Waals surface area contributed by atoms with Crippen molar-refractivity contribution >= 4 is 0 Å². The molecule has 0 bridgehead atoms. The Morgan fingerprint density at radius 1 is 0.792 bits per heavy atom. The number of hydrogen-bond acceptors (Lipinski definition) is 4. The van der Waals surface area contributed by atoms with Gasteiger partial charge in [-0.25, -0.2) is 0 Å². The van der Waals surface area contributed by atoms with E-state index in [4.69, 9.17) is 10.5 Å². The van der Waals surface area contributed by atoms with Crippen molar-refractivity contribution in [2.24, 2.45) is 5.73 Å². The quantitative estimate of drug-likeness (QED) is 0.848. The third-order valence-corrected chi connectivity index (χ3v) is 4.49. The van der Waals surface area contributed by atoms with E-state index < -0.39 is 0 Å². The van der Waals surface area contributed by atoms with E-state index in [0.29, 0.717) is 6.61 Å². The molecule has 1 fully saturated rings. The number of benzene rings is 2. The second kappa shape index (κ2) is 8.83. The summed E-state index contributed by atoms with van der Waals surface area (Å²) in [6.07, 6.45) is 0. The highest BCUT2D eigenvalue weighted by molar-refractivity contribution is 5.27. The van der Waals surface area contributed by atoms with Gasteiger partial charge in [0.15, 0.2) is 0 Å². The van der Waals surface area contributed by atoms with Crippen molar-refractivity contribution in [2.45, 2.75) is 13.2 Å². The normalized spacial score (nSPS) is 16.2. The zero-order valence-electron chi connectivity index (χ0n) is 14.2. The van der Waals surface area contributed by atoms with E-state index in [1.54, 1.807) is 0 Å². The first kappa shape index (κ1) is 17.0. The molecular formula is C20H27N3O. The molecule has 3 rings (SSSR count). The molecule has 1 aliphatic rings. The number of piperazine rings is 1. The van der Waals surface area contributed by atoms with Crippen LogP contribution in [0.1, 0.15) is 11.1 Å². The largest absolute Gasteiger partial charge is 0.489 e. The molecule has 4 nitrogen and oxygen atoms in total.